The lowest BCUT2D eigenvalue weighted by atomic mass is 9.97. The maximum absolute atomic E-state index is 14.1. The highest BCUT2D eigenvalue weighted by atomic mass is 127. The average molecular weight is 478 g/mol. The highest BCUT2D eigenvalue weighted by Gasteiger charge is 2.26. The maximum Gasteiger partial charge on any atom is 0.308 e. The van der Waals surface area contributed by atoms with E-state index in [0.29, 0.717) is 12.2 Å². The van der Waals surface area contributed by atoms with E-state index in [4.69, 9.17) is 4.74 Å². The van der Waals surface area contributed by atoms with E-state index >= 15 is 0 Å². The number of rotatable bonds is 4. The van der Waals surface area contributed by atoms with Crippen molar-refractivity contribution < 1.29 is 13.9 Å². The summed E-state index contributed by atoms with van der Waals surface area (Å²) in [6.07, 6.45) is 1.50. The van der Waals surface area contributed by atoms with Gasteiger partial charge in [0.2, 0.25) is 0 Å². The standard InChI is InChI=1S/C18H27FN4O2.HI/c1-20-18(23-9-7-14(8-10-23)17(24)25-4)21-12-13-5-6-16(22(2)3)15(19)11-13;/h5-6,11,14H,7-10,12H2,1-4H3,(H,20,21);1H. The van der Waals surface area contributed by atoms with Crippen molar-refractivity contribution in [3.63, 3.8) is 0 Å². The molecule has 0 amide bonds. The number of likely N-dealkylation sites (tertiary alicyclic amines) is 1. The number of hydrogen-bond donors (Lipinski definition) is 1. The molecule has 146 valence electrons. The van der Waals surface area contributed by atoms with Gasteiger partial charge in [0.25, 0.3) is 0 Å². The number of carbonyl (C=O) groups excluding carboxylic acids is 1. The highest BCUT2D eigenvalue weighted by molar-refractivity contribution is 14.0. The van der Waals surface area contributed by atoms with E-state index in [2.05, 4.69) is 15.2 Å². The number of methoxy groups -OCH3 is 1. The Labute approximate surface area is 171 Å². The second-order valence-corrected chi connectivity index (χ2v) is 6.37. The van der Waals surface area contributed by atoms with Crippen molar-refractivity contribution in [2.45, 2.75) is 19.4 Å². The van der Waals surface area contributed by atoms with Crippen LogP contribution in [0.2, 0.25) is 0 Å². The molecule has 0 aromatic heterocycles. The number of hydrogen-bond acceptors (Lipinski definition) is 4. The number of nitrogens with one attached hydrogen (secondary N) is 1. The first-order chi connectivity index (χ1) is 12.0. The lowest BCUT2D eigenvalue weighted by Gasteiger charge is -2.33. The third kappa shape index (κ3) is 5.72. The minimum absolute atomic E-state index is 0. The smallest absolute Gasteiger partial charge is 0.308 e. The van der Waals surface area contributed by atoms with Crippen LogP contribution in [0.4, 0.5) is 10.1 Å². The number of esters is 1. The van der Waals surface area contributed by atoms with Gasteiger partial charge in [-0.1, -0.05) is 6.07 Å². The fourth-order valence-corrected chi connectivity index (χ4v) is 3.03. The van der Waals surface area contributed by atoms with Crippen LogP contribution >= 0.6 is 24.0 Å². The van der Waals surface area contributed by atoms with Crippen LogP contribution in [-0.2, 0) is 16.1 Å². The fraction of sp³-hybridized carbons (Fsp3) is 0.556. The topological polar surface area (TPSA) is 57.2 Å². The van der Waals surface area contributed by atoms with Gasteiger partial charge in [-0.2, -0.15) is 0 Å². The van der Waals surface area contributed by atoms with E-state index < -0.39 is 0 Å². The third-order valence-electron chi connectivity index (χ3n) is 4.49. The van der Waals surface area contributed by atoms with Gasteiger partial charge in [0.15, 0.2) is 5.96 Å². The molecule has 1 saturated heterocycles. The predicted molar refractivity (Wildman–Crippen MR) is 113 cm³/mol. The molecule has 8 heteroatoms. The van der Waals surface area contributed by atoms with Gasteiger partial charge in [-0.15, -0.1) is 24.0 Å². The summed E-state index contributed by atoms with van der Waals surface area (Å²) in [5.41, 5.74) is 1.42. The predicted octanol–water partition coefficient (Wildman–Crippen LogP) is 2.47. The Morgan fingerprint density at radius 1 is 1.38 bits per heavy atom. The molecule has 0 atom stereocenters. The molecule has 1 aromatic rings. The second kappa shape index (κ2) is 10.5. The van der Waals surface area contributed by atoms with Crippen molar-refractivity contribution in [2.75, 3.05) is 46.2 Å². The summed E-state index contributed by atoms with van der Waals surface area (Å²) in [4.78, 5) is 19.8. The van der Waals surface area contributed by atoms with Crippen LogP contribution in [0, 0.1) is 11.7 Å². The minimum Gasteiger partial charge on any atom is -0.469 e. The number of carbonyl (C=O) groups is 1. The molecular weight excluding hydrogens is 450 g/mol. The molecule has 0 aliphatic carbocycles. The number of ether oxygens (including phenoxy) is 1. The van der Waals surface area contributed by atoms with Gasteiger partial charge < -0.3 is 19.9 Å². The van der Waals surface area contributed by atoms with E-state index in [1.165, 1.54) is 7.11 Å². The van der Waals surface area contributed by atoms with Crippen molar-refractivity contribution in [2.24, 2.45) is 10.9 Å². The molecular formula is C18H28FIN4O2. The number of guanidine groups is 1. The number of benzene rings is 1. The zero-order chi connectivity index (χ0) is 18.4. The molecule has 0 saturated carbocycles. The Hall–Kier alpha value is -1.58. The normalized spacial score (nSPS) is 15.3. The van der Waals surface area contributed by atoms with Crippen molar-refractivity contribution in [1.29, 1.82) is 0 Å². The van der Waals surface area contributed by atoms with Crippen LogP contribution in [0.5, 0.6) is 0 Å². The Morgan fingerprint density at radius 3 is 2.54 bits per heavy atom. The first-order valence-electron chi connectivity index (χ1n) is 8.45. The van der Waals surface area contributed by atoms with Crippen molar-refractivity contribution in [1.82, 2.24) is 10.2 Å². The summed E-state index contributed by atoms with van der Waals surface area (Å²) in [5, 5.41) is 3.27. The molecule has 26 heavy (non-hydrogen) atoms. The van der Waals surface area contributed by atoms with Crippen LogP contribution in [-0.4, -0.2) is 58.2 Å². The van der Waals surface area contributed by atoms with E-state index in [0.717, 1.165) is 37.5 Å². The summed E-state index contributed by atoms with van der Waals surface area (Å²) in [5.74, 6) is 0.352. The van der Waals surface area contributed by atoms with Crippen molar-refractivity contribution in [3.8, 4) is 0 Å². The molecule has 0 spiro atoms. The highest BCUT2D eigenvalue weighted by Crippen LogP contribution is 2.20. The molecule has 1 heterocycles. The van der Waals surface area contributed by atoms with Crippen LogP contribution in [0.1, 0.15) is 18.4 Å². The first-order valence-corrected chi connectivity index (χ1v) is 8.45. The maximum atomic E-state index is 14.1. The Bertz CT molecular complexity index is 632. The van der Waals surface area contributed by atoms with Gasteiger partial charge in [-0.3, -0.25) is 9.79 Å². The van der Waals surface area contributed by atoms with Crippen molar-refractivity contribution in [3.05, 3.63) is 29.6 Å². The minimum atomic E-state index is -0.238. The molecule has 0 unspecified atom stereocenters. The number of aliphatic imine (C=N–C) groups is 1. The molecule has 6 nitrogen and oxygen atoms in total. The monoisotopic (exact) mass is 478 g/mol. The van der Waals surface area contributed by atoms with Gasteiger partial charge in [-0.05, 0) is 30.5 Å². The number of halogens is 2. The summed E-state index contributed by atoms with van der Waals surface area (Å²) in [6, 6.07) is 5.22. The first kappa shape index (κ1) is 22.5. The summed E-state index contributed by atoms with van der Waals surface area (Å²) in [6.45, 7) is 1.98. The fourth-order valence-electron chi connectivity index (χ4n) is 3.03. The van der Waals surface area contributed by atoms with E-state index in [-0.39, 0.29) is 41.7 Å². The van der Waals surface area contributed by atoms with Gasteiger partial charge in [-0.25, -0.2) is 4.39 Å². The molecule has 1 fully saturated rings. The van der Waals surface area contributed by atoms with E-state index in [1.54, 1.807) is 24.1 Å². The Morgan fingerprint density at radius 2 is 2.04 bits per heavy atom. The van der Waals surface area contributed by atoms with Gasteiger partial charge in [0.1, 0.15) is 5.82 Å². The van der Waals surface area contributed by atoms with Gasteiger partial charge in [0.05, 0.1) is 18.7 Å². The summed E-state index contributed by atoms with van der Waals surface area (Å²) >= 11 is 0. The average Bonchev–Trinajstić information content (AvgIpc) is 2.61. The summed E-state index contributed by atoms with van der Waals surface area (Å²) < 4.78 is 18.9. The van der Waals surface area contributed by atoms with Crippen molar-refractivity contribution >= 4 is 41.6 Å². The van der Waals surface area contributed by atoms with Gasteiger partial charge in [0, 0.05) is 40.8 Å². The van der Waals surface area contributed by atoms with E-state index in [1.807, 2.05) is 20.2 Å². The molecule has 0 radical (unpaired) electrons. The molecule has 1 aliphatic rings. The molecule has 1 aromatic carbocycles. The molecule has 1 N–H and O–H groups in total. The molecule has 0 bridgehead atoms. The number of piperidine rings is 1. The molecule has 2 rings (SSSR count). The summed E-state index contributed by atoms with van der Waals surface area (Å²) in [7, 11) is 6.78. The number of nitrogens with zero attached hydrogens (tertiary/aromatic N) is 3. The largest absolute Gasteiger partial charge is 0.469 e. The molecule has 1 aliphatic heterocycles. The Kier molecular flexibility index (Phi) is 9.11. The second-order valence-electron chi connectivity index (χ2n) is 6.37. The number of anilines is 1. The van der Waals surface area contributed by atoms with Crippen LogP contribution in [0.3, 0.4) is 0 Å². The zero-order valence-corrected chi connectivity index (χ0v) is 18.1. The van der Waals surface area contributed by atoms with Crippen LogP contribution in [0.25, 0.3) is 0 Å². The lowest BCUT2D eigenvalue weighted by molar-refractivity contribution is -0.146. The van der Waals surface area contributed by atoms with Gasteiger partial charge >= 0.3 is 5.97 Å². The Balaban J connectivity index is 0.00000338. The van der Waals surface area contributed by atoms with E-state index in [9.17, 15) is 9.18 Å². The van der Waals surface area contributed by atoms with Crippen LogP contribution in [0.15, 0.2) is 23.2 Å². The quantitative estimate of drug-likeness (QED) is 0.312. The third-order valence-corrected chi connectivity index (χ3v) is 4.49. The zero-order valence-electron chi connectivity index (χ0n) is 15.8. The lowest BCUT2D eigenvalue weighted by Crippen LogP contribution is -2.46. The van der Waals surface area contributed by atoms with Crippen LogP contribution < -0.4 is 10.2 Å². The SMILES string of the molecule is CN=C(NCc1ccc(N(C)C)c(F)c1)N1CCC(C(=O)OC)CC1.I.